The van der Waals surface area contributed by atoms with Crippen LogP contribution in [0, 0.1) is 5.82 Å². The summed E-state index contributed by atoms with van der Waals surface area (Å²) in [5, 5.41) is 6.60. The number of hydrogen-bond donors (Lipinski definition) is 0. The van der Waals surface area contributed by atoms with Gasteiger partial charge in [0.1, 0.15) is 5.82 Å². The van der Waals surface area contributed by atoms with Crippen molar-refractivity contribution in [3.63, 3.8) is 0 Å². The fraction of sp³-hybridized carbons (Fsp3) is 0.250. The van der Waals surface area contributed by atoms with E-state index in [1.165, 1.54) is 23.5 Å². The Hall–Kier alpha value is -2.64. The van der Waals surface area contributed by atoms with Crippen LogP contribution < -0.4 is 4.80 Å². The summed E-state index contributed by atoms with van der Waals surface area (Å²) < 4.78 is 20.8. The van der Waals surface area contributed by atoms with E-state index in [1.54, 1.807) is 35.4 Å². The van der Waals surface area contributed by atoms with Crippen LogP contribution in [-0.4, -0.2) is 35.1 Å². The normalized spacial score (nSPS) is 17.8. The van der Waals surface area contributed by atoms with Gasteiger partial charge in [-0.05, 0) is 43.2 Å². The van der Waals surface area contributed by atoms with Crippen molar-refractivity contribution in [2.24, 2.45) is 10.1 Å². The molecule has 1 saturated heterocycles. The molecule has 1 fully saturated rings. The van der Waals surface area contributed by atoms with Gasteiger partial charge in [-0.1, -0.05) is 6.07 Å². The Morgan fingerprint density at radius 1 is 1.30 bits per heavy atom. The number of thiazole rings is 1. The largest absolute Gasteiger partial charge is 0.376 e. The third kappa shape index (κ3) is 4.37. The Kier molecular flexibility index (Phi) is 5.50. The monoisotopic (exact) mass is 382 g/mol. The summed E-state index contributed by atoms with van der Waals surface area (Å²) in [6.07, 6.45) is 7.52. The minimum Gasteiger partial charge on any atom is -0.376 e. The minimum absolute atomic E-state index is 0.178. The Labute approximate surface area is 160 Å². The van der Waals surface area contributed by atoms with E-state index in [0.717, 1.165) is 41.1 Å². The van der Waals surface area contributed by atoms with Gasteiger partial charge in [0.15, 0.2) is 0 Å². The van der Waals surface area contributed by atoms with Crippen LogP contribution in [0.25, 0.3) is 11.3 Å². The van der Waals surface area contributed by atoms with E-state index in [0.29, 0.717) is 6.54 Å². The lowest BCUT2D eigenvalue weighted by Crippen LogP contribution is -2.17. The topological polar surface area (TPSA) is 51.8 Å². The van der Waals surface area contributed by atoms with E-state index in [1.807, 2.05) is 17.5 Å². The first kappa shape index (κ1) is 17.8. The first-order chi connectivity index (χ1) is 13.3. The molecule has 0 radical (unpaired) electrons. The molecule has 0 bridgehead atoms. The van der Waals surface area contributed by atoms with Crippen molar-refractivity contribution in [3.8, 4) is 11.3 Å². The van der Waals surface area contributed by atoms with Crippen LogP contribution in [0.3, 0.4) is 0 Å². The number of nitrogens with zero attached hydrogens (tertiary/aromatic N) is 4. The molecule has 138 valence electrons. The summed E-state index contributed by atoms with van der Waals surface area (Å²) in [7, 11) is 0. The highest BCUT2D eigenvalue weighted by Crippen LogP contribution is 2.20. The van der Waals surface area contributed by atoms with Crippen molar-refractivity contribution in [1.82, 2.24) is 9.66 Å². The molecule has 1 aliphatic heterocycles. The molecular weight excluding hydrogens is 363 g/mol. The van der Waals surface area contributed by atoms with E-state index < -0.39 is 0 Å². The molecule has 5 nitrogen and oxygen atoms in total. The molecule has 1 aromatic carbocycles. The maximum atomic E-state index is 13.3. The fourth-order valence-electron chi connectivity index (χ4n) is 2.88. The van der Waals surface area contributed by atoms with Gasteiger partial charge in [0, 0.05) is 35.5 Å². The highest BCUT2D eigenvalue weighted by Gasteiger charge is 2.15. The van der Waals surface area contributed by atoms with Crippen LogP contribution in [0.4, 0.5) is 4.39 Å². The molecule has 3 aromatic rings. The second kappa shape index (κ2) is 8.37. The van der Waals surface area contributed by atoms with E-state index in [9.17, 15) is 4.39 Å². The van der Waals surface area contributed by atoms with Crippen LogP contribution in [0.5, 0.6) is 0 Å². The van der Waals surface area contributed by atoms with Gasteiger partial charge in [0.25, 0.3) is 0 Å². The van der Waals surface area contributed by atoms with Gasteiger partial charge in [0.2, 0.25) is 4.80 Å². The predicted octanol–water partition coefficient (Wildman–Crippen LogP) is 3.71. The third-order valence-corrected chi connectivity index (χ3v) is 5.14. The third-order valence-electron chi connectivity index (χ3n) is 4.29. The number of rotatable bonds is 5. The number of pyridine rings is 1. The molecule has 0 amide bonds. The average Bonchev–Trinajstić information content (AvgIpc) is 3.36. The molecule has 0 saturated carbocycles. The first-order valence-electron chi connectivity index (χ1n) is 8.82. The van der Waals surface area contributed by atoms with Crippen molar-refractivity contribution in [2.45, 2.75) is 18.9 Å². The molecular formula is C20H19FN4OS. The first-order valence-corrected chi connectivity index (χ1v) is 9.70. The quantitative estimate of drug-likeness (QED) is 0.632. The standard InChI is InChI=1S/C20H19FN4OS/c21-17-7-5-16(6-8-17)19-14-27-20(23-13-18-4-2-10-26-18)25(19)24-12-15-3-1-9-22-11-15/h1,3,5-9,11-12,14,18H,2,4,10,13H2/b23-20?,24-12-/t18-/m1/s1. The smallest absolute Gasteiger partial charge is 0.206 e. The van der Waals surface area contributed by atoms with Gasteiger partial charge < -0.3 is 4.74 Å². The number of hydrogen-bond acceptors (Lipinski definition) is 5. The SMILES string of the molecule is Fc1ccc(-c2csc(=NC[C@H]3CCCO3)n2/N=C\c2cccnc2)cc1. The molecule has 0 unspecified atom stereocenters. The predicted molar refractivity (Wildman–Crippen MR) is 104 cm³/mol. The van der Waals surface area contributed by atoms with Gasteiger partial charge in [0.05, 0.1) is 24.6 Å². The summed E-state index contributed by atoms with van der Waals surface area (Å²) >= 11 is 1.51. The van der Waals surface area contributed by atoms with E-state index in [-0.39, 0.29) is 11.9 Å². The van der Waals surface area contributed by atoms with Gasteiger partial charge >= 0.3 is 0 Å². The second-order valence-electron chi connectivity index (χ2n) is 6.23. The highest BCUT2D eigenvalue weighted by atomic mass is 32.1. The zero-order chi connectivity index (χ0) is 18.5. The Balaban J connectivity index is 1.71. The van der Waals surface area contributed by atoms with E-state index in [4.69, 9.17) is 9.73 Å². The van der Waals surface area contributed by atoms with Crippen molar-refractivity contribution in [3.05, 3.63) is 70.4 Å². The van der Waals surface area contributed by atoms with Gasteiger partial charge in [-0.25, -0.2) is 9.07 Å². The maximum Gasteiger partial charge on any atom is 0.206 e. The highest BCUT2D eigenvalue weighted by molar-refractivity contribution is 7.07. The maximum absolute atomic E-state index is 13.3. The van der Waals surface area contributed by atoms with Crippen LogP contribution in [0.15, 0.2) is 64.3 Å². The summed E-state index contributed by atoms with van der Waals surface area (Å²) in [6, 6.07) is 10.2. The summed E-state index contributed by atoms with van der Waals surface area (Å²) in [4.78, 5) is 9.61. The average molecular weight is 382 g/mol. The summed E-state index contributed by atoms with van der Waals surface area (Å²) in [5.74, 6) is -0.261. The minimum atomic E-state index is -0.261. The Bertz CT molecular complexity index is 973. The molecule has 1 aliphatic rings. The molecule has 3 heterocycles. The number of aromatic nitrogens is 2. The van der Waals surface area contributed by atoms with Crippen LogP contribution in [0.2, 0.25) is 0 Å². The van der Waals surface area contributed by atoms with Gasteiger partial charge in [-0.3, -0.25) is 9.98 Å². The molecule has 4 rings (SSSR count). The Morgan fingerprint density at radius 2 is 2.19 bits per heavy atom. The van der Waals surface area contributed by atoms with Crippen molar-refractivity contribution in [2.75, 3.05) is 13.2 Å². The van der Waals surface area contributed by atoms with Crippen LogP contribution in [0.1, 0.15) is 18.4 Å². The molecule has 27 heavy (non-hydrogen) atoms. The van der Waals surface area contributed by atoms with Crippen LogP contribution in [-0.2, 0) is 4.74 Å². The van der Waals surface area contributed by atoms with Crippen molar-refractivity contribution < 1.29 is 9.13 Å². The lowest BCUT2D eigenvalue weighted by atomic mass is 10.2. The second-order valence-corrected chi connectivity index (χ2v) is 7.07. The molecule has 0 spiro atoms. The number of ether oxygens (including phenoxy) is 1. The summed E-state index contributed by atoms with van der Waals surface area (Å²) in [6.45, 7) is 1.43. The van der Waals surface area contributed by atoms with Crippen molar-refractivity contribution in [1.29, 1.82) is 0 Å². The molecule has 7 heteroatoms. The molecule has 0 aliphatic carbocycles. The van der Waals surface area contributed by atoms with E-state index in [2.05, 4.69) is 10.1 Å². The molecule has 0 N–H and O–H groups in total. The molecule has 2 aromatic heterocycles. The number of halogens is 1. The lowest BCUT2D eigenvalue weighted by molar-refractivity contribution is 0.117. The molecule has 1 atom stereocenters. The lowest BCUT2D eigenvalue weighted by Gasteiger charge is -2.05. The zero-order valence-electron chi connectivity index (χ0n) is 14.7. The Morgan fingerprint density at radius 3 is 2.93 bits per heavy atom. The van der Waals surface area contributed by atoms with E-state index >= 15 is 0 Å². The van der Waals surface area contributed by atoms with Crippen LogP contribution >= 0.6 is 11.3 Å². The zero-order valence-corrected chi connectivity index (χ0v) is 15.5. The fourth-order valence-corrected chi connectivity index (χ4v) is 3.73. The van der Waals surface area contributed by atoms with Gasteiger partial charge in [-0.15, -0.1) is 11.3 Å². The van der Waals surface area contributed by atoms with Gasteiger partial charge in [-0.2, -0.15) is 5.10 Å². The summed E-state index contributed by atoms with van der Waals surface area (Å²) in [5.41, 5.74) is 2.65. The number of benzene rings is 1. The van der Waals surface area contributed by atoms with Crippen molar-refractivity contribution >= 4 is 17.6 Å².